The van der Waals surface area contributed by atoms with Gasteiger partial charge in [0, 0.05) is 0 Å². The van der Waals surface area contributed by atoms with Crippen LogP contribution in [-0.4, -0.2) is 22.6 Å². The van der Waals surface area contributed by atoms with Crippen LogP contribution in [0.25, 0.3) is 21.5 Å². The Balaban J connectivity index is 0.000000155. The van der Waals surface area contributed by atoms with Crippen molar-refractivity contribution in [3.8, 4) is 0 Å². The molecular formula is C42H56P2Ti. The molecule has 4 saturated carbocycles. The molecular weight excluding hydrogens is 614 g/mol. The average molecular weight is 671 g/mol. The van der Waals surface area contributed by atoms with Gasteiger partial charge in [0.1, 0.15) is 0 Å². The molecule has 0 atom stereocenters. The van der Waals surface area contributed by atoms with Gasteiger partial charge < -0.3 is 0 Å². The van der Waals surface area contributed by atoms with Crippen molar-refractivity contribution < 1.29 is 21.7 Å². The van der Waals surface area contributed by atoms with Gasteiger partial charge in [0.15, 0.2) is 0 Å². The van der Waals surface area contributed by atoms with Crippen molar-refractivity contribution in [3.05, 3.63) is 72.8 Å². The van der Waals surface area contributed by atoms with Crippen LogP contribution >= 0.6 is 15.8 Å². The average Bonchev–Trinajstić information content (AvgIpc) is 3.72. The summed E-state index contributed by atoms with van der Waals surface area (Å²) >= 11 is 0. The maximum Gasteiger partial charge on any atom is 2.00 e. The molecule has 3 heteroatoms. The molecule has 0 amide bonds. The minimum absolute atomic E-state index is 0. The zero-order chi connectivity index (χ0) is 29.6. The van der Waals surface area contributed by atoms with Crippen molar-refractivity contribution in [3.63, 3.8) is 0 Å². The molecule has 0 heterocycles. The molecule has 4 aromatic carbocycles. The van der Waals surface area contributed by atoms with Crippen molar-refractivity contribution >= 4 is 48.0 Å². The Morgan fingerprint density at radius 1 is 0.400 bits per heavy atom. The Bertz CT molecular complexity index is 1210. The minimum Gasteiger partial charge on any atom is -0.161 e. The Morgan fingerprint density at radius 2 is 0.689 bits per heavy atom. The van der Waals surface area contributed by atoms with Gasteiger partial charge in [-0.2, -0.15) is 12.1 Å². The van der Waals surface area contributed by atoms with E-state index in [4.69, 9.17) is 0 Å². The maximum atomic E-state index is 2.55. The standard InChI is InChI=1S/2C21H28P.Ti/c2*1-3-11-19(12-4-1)22(20-13-5-2-6-14-20)21-15-17-9-7-8-10-18(17)16-21;/h2*7-10,15-16,19-20H,1-6,11-14H2;/q2*-1;+2. The van der Waals surface area contributed by atoms with Crippen LogP contribution in [0.3, 0.4) is 0 Å². The van der Waals surface area contributed by atoms with Crippen LogP contribution in [0.4, 0.5) is 0 Å². The zero-order valence-electron chi connectivity index (χ0n) is 27.8. The van der Waals surface area contributed by atoms with Crippen LogP contribution in [0.2, 0.25) is 0 Å². The van der Waals surface area contributed by atoms with E-state index in [1.54, 1.807) is 10.6 Å². The van der Waals surface area contributed by atoms with Crippen molar-refractivity contribution in [2.45, 2.75) is 151 Å². The summed E-state index contributed by atoms with van der Waals surface area (Å²) in [6, 6.07) is 28.1. The van der Waals surface area contributed by atoms with E-state index < -0.39 is 0 Å². The monoisotopic (exact) mass is 670 g/mol. The third-order valence-corrected chi connectivity index (χ3v) is 18.6. The Morgan fingerprint density at radius 3 is 0.978 bits per heavy atom. The Labute approximate surface area is 292 Å². The summed E-state index contributed by atoms with van der Waals surface area (Å²) in [5.41, 5.74) is 4.07. The summed E-state index contributed by atoms with van der Waals surface area (Å²) in [6.45, 7) is 0. The molecule has 45 heavy (non-hydrogen) atoms. The normalized spacial score (nSPS) is 21.2. The van der Waals surface area contributed by atoms with Gasteiger partial charge in [-0.05, 0) is 74.0 Å². The summed E-state index contributed by atoms with van der Waals surface area (Å²) in [7, 11) is 0.122. The fourth-order valence-electron chi connectivity index (χ4n) is 9.44. The second kappa shape index (κ2) is 17.1. The van der Waals surface area contributed by atoms with Crippen LogP contribution in [0.5, 0.6) is 0 Å². The molecule has 238 valence electrons. The van der Waals surface area contributed by atoms with E-state index in [9.17, 15) is 0 Å². The fourth-order valence-corrected chi connectivity index (χ4v) is 17.2. The van der Waals surface area contributed by atoms with Gasteiger partial charge in [-0.15, -0.1) is 80.7 Å². The van der Waals surface area contributed by atoms with E-state index >= 15 is 0 Å². The molecule has 0 unspecified atom stereocenters. The SMILES string of the molecule is [Ti+2].c1ccc2[cH-]c(P(C3CCCCC3)C3CCCCC3)cc2c1.c1ccc2[cH-]c(P(C3CCCCC3)C3CCCCC3)cc2c1. The number of hydrogen-bond donors (Lipinski definition) is 0. The third kappa shape index (κ3) is 8.46. The number of benzene rings is 2. The smallest absolute Gasteiger partial charge is 0.161 e. The number of fused-ring (bicyclic) bond motifs is 2. The molecule has 0 aromatic heterocycles. The first kappa shape index (κ1) is 34.1. The molecule has 0 bridgehead atoms. The minimum atomic E-state index is 0. The van der Waals surface area contributed by atoms with Gasteiger partial charge in [-0.3, -0.25) is 0 Å². The summed E-state index contributed by atoms with van der Waals surface area (Å²) in [4.78, 5) is 0. The first-order chi connectivity index (χ1) is 21.8. The van der Waals surface area contributed by atoms with E-state index in [1.165, 1.54) is 150 Å². The van der Waals surface area contributed by atoms with E-state index in [0.29, 0.717) is 0 Å². The predicted molar refractivity (Wildman–Crippen MR) is 200 cm³/mol. The topological polar surface area (TPSA) is 0 Å². The summed E-state index contributed by atoms with van der Waals surface area (Å²) in [5.74, 6) is 0. The van der Waals surface area contributed by atoms with E-state index in [1.807, 2.05) is 0 Å². The van der Waals surface area contributed by atoms with Crippen LogP contribution < -0.4 is 10.6 Å². The van der Waals surface area contributed by atoms with Crippen LogP contribution in [0, 0.1) is 0 Å². The molecule has 0 radical (unpaired) electrons. The number of rotatable bonds is 6. The van der Waals surface area contributed by atoms with E-state index in [0.717, 1.165) is 22.6 Å². The van der Waals surface area contributed by atoms with Gasteiger partial charge >= 0.3 is 21.7 Å². The summed E-state index contributed by atoms with van der Waals surface area (Å²) < 4.78 is 0. The predicted octanol–water partition coefficient (Wildman–Crippen LogP) is 12.7. The van der Waals surface area contributed by atoms with Crippen LogP contribution in [0.1, 0.15) is 128 Å². The van der Waals surface area contributed by atoms with Crippen LogP contribution in [-0.2, 0) is 21.7 Å². The Kier molecular flexibility index (Phi) is 12.9. The molecule has 4 aromatic rings. The third-order valence-electron chi connectivity index (χ3n) is 11.7. The maximum absolute atomic E-state index is 2.55. The molecule has 4 aliphatic rings. The first-order valence-electron chi connectivity index (χ1n) is 18.7. The Hall–Kier alpha value is -0.766. The van der Waals surface area contributed by atoms with Gasteiger partial charge in [0.05, 0.1) is 0 Å². The largest absolute Gasteiger partial charge is 2.00 e. The molecule has 8 rings (SSSR count). The quantitative estimate of drug-likeness (QED) is 0.109. The van der Waals surface area contributed by atoms with Crippen molar-refractivity contribution in [2.75, 3.05) is 0 Å². The fraction of sp³-hybridized carbons (Fsp3) is 0.571. The van der Waals surface area contributed by atoms with Crippen molar-refractivity contribution in [1.29, 1.82) is 0 Å². The van der Waals surface area contributed by atoms with Gasteiger partial charge in [-0.1, -0.05) is 105 Å². The van der Waals surface area contributed by atoms with Crippen molar-refractivity contribution in [2.24, 2.45) is 0 Å². The van der Waals surface area contributed by atoms with Gasteiger partial charge in [0.2, 0.25) is 0 Å². The molecule has 0 spiro atoms. The summed E-state index contributed by atoms with van der Waals surface area (Å²) in [5, 5.41) is 9.34. The summed E-state index contributed by atoms with van der Waals surface area (Å²) in [6.07, 6.45) is 29.8. The molecule has 0 aliphatic heterocycles. The molecule has 0 N–H and O–H groups in total. The zero-order valence-corrected chi connectivity index (χ0v) is 31.1. The molecule has 0 nitrogen and oxygen atoms in total. The second-order valence-electron chi connectivity index (χ2n) is 14.7. The second-order valence-corrected chi connectivity index (χ2v) is 20.2. The van der Waals surface area contributed by atoms with Gasteiger partial charge in [0.25, 0.3) is 0 Å². The molecule has 4 fully saturated rings. The molecule has 4 aliphatic carbocycles. The first-order valence-corrected chi connectivity index (χ1v) is 21.7. The van der Waals surface area contributed by atoms with Gasteiger partial charge in [-0.25, -0.2) is 0 Å². The van der Waals surface area contributed by atoms with Crippen molar-refractivity contribution in [1.82, 2.24) is 0 Å². The van der Waals surface area contributed by atoms with E-state index in [2.05, 4.69) is 72.8 Å². The van der Waals surface area contributed by atoms with Crippen LogP contribution in [0.15, 0.2) is 72.8 Å². The number of hydrogen-bond acceptors (Lipinski definition) is 0. The van der Waals surface area contributed by atoms with E-state index in [-0.39, 0.29) is 37.6 Å². The molecule has 0 saturated heterocycles.